The Kier molecular flexibility index (Phi) is 4.72. The van der Waals surface area contributed by atoms with Gasteiger partial charge in [0.2, 0.25) is 5.91 Å². The number of rotatable bonds is 6. The average molecular weight is 443 g/mol. The number of ether oxygens (including phenoxy) is 1. The van der Waals surface area contributed by atoms with Crippen molar-refractivity contribution < 1.29 is 13.9 Å². The summed E-state index contributed by atoms with van der Waals surface area (Å²) in [4.78, 5) is 17.4. The van der Waals surface area contributed by atoms with E-state index >= 15 is 0 Å². The second-order valence-corrected chi connectivity index (χ2v) is 9.35. The first-order valence-corrected chi connectivity index (χ1v) is 11.4. The van der Waals surface area contributed by atoms with E-state index < -0.39 is 0 Å². The Morgan fingerprint density at radius 3 is 2.67 bits per heavy atom. The highest BCUT2D eigenvalue weighted by molar-refractivity contribution is 5.92. The number of carbonyl (C=O) groups is 1. The number of hydrogen-bond acceptors (Lipinski definition) is 6. The Morgan fingerprint density at radius 2 is 1.97 bits per heavy atom. The Balaban J connectivity index is 1.12. The normalized spacial score (nSPS) is 26.3. The van der Waals surface area contributed by atoms with Gasteiger partial charge < -0.3 is 10.1 Å². The molecular formula is C25H22FN5O2. The maximum absolute atomic E-state index is 13.7. The van der Waals surface area contributed by atoms with Crippen LogP contribution >= 0.6 is 0 Å². The number of nitrogens with one attached hydrogen (secondary N) is 1. The summed E-state index contributed by atoms with van der Waals surface area (Å²) in [7, 11) is 0. The molecule has 3 aliphatic carbocycles. The van der Waals surface area contributed by atoms with Crippen molar-refractivity contribution in [3.63, 3.8) is 0 Å². The third-order valence-corrected chi connectivity index (χ3v) is 7.30. The Hall–Kier alpha value is -3.60. The zero-order valence-corrected chi connectivity index (χ0v) is 17.8. The summed E-state index contributed by atoms with van der Waals surface area (Å²) in [5.41, 5.74) is 0.936. The molecule has 1 aromatic carbocycles. The fourth-order valence-corrected chi connectivity index (χ4v) is 5.67. The topological polar surface area (TPSA) is 101 Å². The minimum absolute atomic E-state index is 0.00368. The lowest BCUT2D eigenvalue weighted by Gasteiger charge is -2.22. The Labute approximate surface area is 190 Å². The van der Waals surface area contributed by atoms with Gasteiger partial charge >= 0.3 is 0 Å². The number of halogens is 1. The van der Waals surface area contributed by atoms with Crippen molar-refractivity contribution in [1.82, 2.24) is 15.2 Å². The molecule has 166 valence electrons. The summed E-state index contributed by atoms with van der Waals surface area (Å²) >= 11 is 0. The van der Waals surface area contributed by atoms with Crippen LogP contribution in [0.4, 0.5) is 10.2 Å². The number of aromatic nitrogens is 3. The van der Waals surface area contributed by atoms with Gasteiger partial charge in [0.05, 0.1) is 11.6 Å². The van der Waals surface area contributed by atoms with Crippen molar-refractivity contribution in [1.29, 1.82) is 5.26 Å². The molecule has 1 N–H and O–H groups in total. The van der Waals surface area contributed by atoms with Gasteiger partial charge in [0.25, 0.3) is 0 Å². The van der Waals surface area contributed by atoms with E-state index in [1.165, 1.54) is 12.1 Å². The molecule has 8 heteroatoms. The first-order valence-electron chi connectivity index (χ1n) is 11.4. The molecule has 2 aromatic heterocycles. The van der Waals surface area contributed by atoms with E-state index in [-0.39, 0.29) is 29.4 Å². The number of hydrogen-bond donors (Lipinski definition) is 1. The summed E-state index contributed by atoms with van der Waals surface area (Å²) in [6.45, 7) is 0. The molecule has 1 amide bonds. The van der Waals surface area contributed by atoms with Crippen molar-refractivity contribution in [3.05, 3.63) is 54.1 Å². The number of nitriles is 1. The molecule has 6 rings (SSSR count). The number of amides is 1. The number of carbonyl (C=O) groups excluding carboxylic acids is 1. The standard InChI is InChI=1S/C25H22FN5O2/c26-14-3-5-20-19(9-14)21(7-8-28-20)33-16-10-17-18(11-16)24(17)23(13-1-2-13)25(32)29-22-6-4-15(12-27)30-31-22/h3-9,13,16-18,23-24H,1-2,10-11H2,(H,29,31,32). The summed E-state index contributed by atoms with van der Waals surface area (Å²) in [5, 5.41) is 20.2. The minimum atomic E-state index is -0.306. The first kappa shape index (κ1) is 20.0. The number of nitrogens with zero attached hydrogens (tertiary/aromatic N) is 4. The molecule has 3 aromatic rings. The second kappa shape index (κ2) is 7.77. The van der Waals surface area contributed by atoms with Gasteiger partial charge in [0, 0.05) is 17.5 Å². The molecule has 33 heavy (non-hydrogen) atoms. The molecule has 3 unspecified atom stereocenters. The van der Waals surface area contributed by atoms with Crippen molar-refractivity contribution in [2.45, 2.75) is 31.8 Å². The Bertz CT molecular complexity index is 1260. The van der Waals surface area contributed by atoms with Crippen molar-refractivity contribution in [3.8, 4) is 11.8 Å². The van der Waals surface area contributed by atoms with Gasteiger partial charge in [-0.15, -0.1) is 10.2 Å². The van der Waals surface area contributed by atoms with Crippen LogP contribution in [0.15, 0.2) is 42.6 Å². The maximum Gasteiger partial charge on any atom is 0.229 e. The van der Waals surface area contributed by atoms with Gasteiger partial charge in [0.15, 0.2) is 11.5 Å². The molecule has 3 saturated carbocycles. The third kappa shape index (κ3) is 3.78. The summed E-state index contributed by atoms with van der Waals surface area (Å²) in [6, 6.07) is 11.4. The smallest absolute Gasteiger partial charge is 0.229 e. The fourth-order valence-electron chi connectivity index (χ4n) is 5.67. The predicted molar refractivity (Wildman–Crippen MR) is 117 cm³/mol. The Morgan fingerprint density at radius 1 is 1.15 bits per heavy atom. The lowest BCUT2D eigenvalue weighted by molar-refractivity contribution is -0.121. The van der Waals surface area contributed by atoms with Crippen molar-refractivity contribution in [2.24, 2.45) is 29.6 Å². The van der Waals surface area contributed by atoms with Gasteiger partial charge in [0.1, 0.15) is 17.6 Å². The lowest BCUT2D eigenvalue weighted by Crippen LogP contribution is -2.29. The van der Waals surface area contributed by atoms with E-state index in [2.05, 4.69) is 20.5 Å². The SMILES string of the molecule is N#Cc1ccc(NC(=O)C(C2CC2)C2C3CC(Oc4ccnc5ccc(F)cc45)CC32)nn1. The van der Waals surface area contributed by atoms with Crippen molar-refractivity contribution >= 4 is 22.6 Å². The van der Waals surface area contributed by atoms with Gasteiger partial charge in [-0.3, -0.25) is 9.78 Å². The van der Waals surface area contributed by atoms with Crippen LogP contribution in [0.25, 0.3) is 10.9 Å². The molecule has 0 saturated heterocycles. The second-order valence-electron chi connectivity index (χ2n) is 9.35. The summed E-state index contributed by atoms with van der Waals surface area (Å²) in [6.07, 6.45) is 5.73. The van der Waals surface area contributed by atoms with Gasteiger partial charge in [-0.05, 0) is 85.8 Å². The van der Waals surface area contributed by atoms with Crippen LogP contribution in [-0.2, 0) is 4.79 Å². The number of fused-ring (bicyclic) bond motifs is 2. The van der Waals surface area contributed by atoms with Crippen LogP contribution in [0.3, 0.4) is 0 Å². The summed E-state index contributed by atoms with van der Waals surface area (Å²) in [5.74, 6) is 2.48. The molecule has 3 aliphatic rings. The van der Waals surface area contributed by atoms with E-state index in [1.807, 2.05) is 6.07 Å². The summed E-state index contributed by atoms with van der Waals surface area (Å²) < 4.78 is 20.0. The highest BCUT2D eigenvalue weighted by Gasteiger charge is 2.63. The van der Waals surface area contributed by atoms with Crippen LogP contribution in [0.5, 0.6) is 5.75 Å². The molecular weight excluding hydrogens is 421 g/mol. The van der Waals surface area contributed by atoms with Crippen LogP contribution < -0.4 is 10.1 Å². The number of pyridine rings is 1. The molecule has 3 fully saturated rings. The van der Waals surface area contributed by atoms with E-state index in [0.717, 1.165) is 25.7 Å². The maximum atomic E-state index is 13.7. The average Bonchev–Trinajstić information content (AvgIpc) is 3.73. The largest absolute Gasteiger partial charge is 0.490 e. The third-order valence-electron chi connectivity index (χ3n) is 7.30. The zero-order valence-electron chi connectivity index (χ0n) is 17.8. The molecule has 0 radical (unpaired) electrons. The van der Waals surface area contributed by atoms with Gasteiger partial charge in [-0.25, -0.2) is 4.39 Å². The highest BCUT2D eigenvalue weighted by Crippen LogP contribution is 2.64. The van der Waals surface area contributed by atoms with Crippen LogP contribution in [0, 0.1) is 46.7 Å². The van der Waals surface area contributed by atoms with E-state index in [0.29, 0.717) is 46.1 Å². The monoisotopic (exact) mass is 443 g/mol. The van der Waals surface area contributed by atoms with Gasteiger partial charge in [-0.1, -0.05) is 0 Å². The van der Waals surface area contributed by atoms with Crippen LogP contribution in [0.1, 0.15) is 31.4 Å². The molecule has 0 bridgehead atoms. The van der Waals surface area contributed by atoms with Crippen LogP contribution in [0.2, 0.25) is 0 Å². The predicted octanol–water partition coefficient (Wildman–Crippen LogP) is 4.10. The van der Waals surface area contributed by atoms with E-state index in [9.17, 15) is 9.18 Å². The highest BCUT2D eigenvalue weighted by atomic mass is 19.1. The van der Waals surface area contributed by atoms with Crippen LogP contribution in [-0.4, -0.2) is 27.2 Å². The van der Waals surface area contributed by atoms with Crippen molar-refractivity contribution in [2.75, 3.05) is 5.32 Å². The molecule has 7 nitrogen and oxygen atoms in total. The van der Waals surface area contributed by atoms with E-state index in [1.54, 1.807) is 30.5 Å². The van der Waals surface area contributed by atoms with E-state index in [4.69, 9.17) is 10.00 Å². The molecule has 0 aliphatic heterocycles. The molecule has 3 atom stereocenters. The minimum Gasteiger partial charge on any atom is -0.490 e. The molecule has 0 spiro atoms. The molecule has 2 heterocycles. The van der Waals surface area contributed by atoms with Gasteiger partial charge in [-0.2, -0.15) is 5.26 Å². The lowest BCUT2D eigenvalue weighted by atomic mass is 9.91. The zero-order chi connectivity index (χ0) is 22.5. The number of anilines is 1. The number of benzene rings is 1. The fraction of sp³-hybridized carbons (Fsp3) is 0.400. The quantitative estimate of drug-likeness (QED) is 0.616. The first-order chi connectivity index (χ1) is 16.1.